The number of ether oxygens (including phenoxy) is 4. The van der Waals surface area contributed by atoms with Gasteiger partial charge in [-0.1, -0.05) is 35.9 Å². The van der Waals surface area contributed by atoms with E-state index in [2.05, 4.69) is 17.0 Å². The number of hydrogen-bond donors (Lipinski definition) is 0. The van der Waals surface area contributed by atoms with Gasteiger partial charge in [-0.15, -0.1) is 0 Å². The SMILES string of the molecule is COc1ccc(CCOc2nc(N3CCOCC3)c3cc(-c4ccc(Cl)cc4)ccc3n2)cc1OC. The van der Waals surface area contributed by atoms with Crippen molar-refractivity contribution in [2.24, 2.45) is 0 Å². The van der Waals surface area contributed by atoms with Crippen LogP contribution < -0.4 is 19.1 Å². The van der Waals surface area contributed by atoms with Crippen molar-refractivity contribution in [3.8, 4) is 28.6 Å². The minimum absolute atomic E-state index is 0.365. The van der Waals surface area contributed by atoms with E-state index in [9.17, 15) is 0 Å². The van der Waals surface area contributed by atoms with Crippen LogP contribution in [0.2, 0.25) is 5.02 Å². The van der Waals surface area contributed by atoms with Crippen LogP contribution in [0.1, 0.15) is 5.56 Å². The lowest BCUT2D eigenvalue weighted by atomic mass is 10.0. The highest BCUT2D eigenvalue weighted by Gasteiger charge is 2.19. The van der Waals surface area contributed by atoms with E-state index in [1.165, 1.54) is 0 Å². The first-order chi connectivity index (χ1) is 17.6. The summed E-state index contributed by atoms with van der Waals surface area (Å²) in [6.45, 7) is 3.30. The number of anilines is 1. The zero-order valence-corrected chi connectivity index (χ0v) is 21.1. The fraction of sp³-hybridized carbons (Fsp3) is 0.286. The number of hydrogen-bond acceptors (Lipinski definition) is 7. The van der Waals surface area contributed by atoms with Gasteiger partial charge in [0, 0.05) is 29.9 Å². The van der Waals surface area contributed by atoms with Gasteiger partial charge in [-0.3, -0.25) is 0 Å². The Labute approximate surface area is 215 Å². The monoisotopic (exact) mass is 505 g/mol. The molecule has 7 nitrogen and oxygen atoms in total. The number of rotatable bonds is 8. The van der Waals surface area contributed by atoms with E-state index in [0.29, 0.717) is 48.8 Å². The molecule has 0 aliphatic carbocycles. The van der Waals surface area contributed by atoms with Crippen LogP contribution in [0.4, 0.5) is 5.82 Å². The molecule has 36 heavy (non-hydrogen) atoms. The third-order valence-electron chi connectivity index (χ3n) is 6.21. The summed E-state index contributed by atoms with van der Waals surface area (Å²) >= 11 is 6.08. The summed E-state index contributed by atoms with van der Waals surface area (Å²) in [7, 11) is 3.26. The summed E-state index contributed by atoms with van der Waals surface area (Å²) in [6.07, 6.45) is 0.685. The van der Waals surface area contributed by atoms with Crippen LogP contribution in [0.15, 0.2) is 60.7 Å². The van der Waals surface area contributed by atoms with Crippen molar-refractivity contribution in [2.45, 2.75) is 6.42 Å². The van der Waals surface area contributed by atoms with Crippen LogP contribution in [0, 0.1) is 0 Å². The van der Waals surface area contributed by atoms with Gasteiger partial charge in [0.05, 0.1) is 39.6 Å². The first-order valence-electron chi connectivity index (χ1n) is 11.9. The summed E-state index contributed by atoms with van der Waals surface area (Å²) in [4.78, 5) is 11.8. The van der Waals surface area contributed by atoms with Gasteiger partial charge < -0.3 is 23.8 Å². The predicted octanol–water partition coefficient (Wildman–Crippen LogP) is 5.43. The molecule has 0 radical (unpaired) electrons. The molecule has 1 fully saturated rings. The van der Waals surface area contributed by atoms with Gasteiger partial charge in [-0.2, -0.15) is 9.97 Å². The third kappa shape index (κ3) is 5.32. The van der Waals surface area contributed by atoms with Gasteiger partial charge in [0.15, 0.2) is 11.5 Å². The van der Waals surface area contributed by atoms with Gasteiger partial charge in [0.2, 0.25) is 0 Å². The third-order valence-corrected chi connectivity index (χ3v) is 6.47. The summed E-state index contributed by atoms with van der Waals surface area (Å²) < 4.78 is 22.3. The van der Waals surface area contributed by atoms with Crippen LogP contribution in [0.3, 0.4) is 0 Å². The summed E-state index contributed by atoms with van der Waals surface area (Å²) in [6, 6.07) is 20.3. The van der Waals surface area contributed by atoms with Crippen molar-refractivity contribution >= 4 is 28.3 Å². The quantitative estimate of drug-likeness (QED) is 0.316. The molecule has 0 bridgehead atoms. The summed E-state index contributed by atoms with van der Waals surface area (Å²) in [5.74, 6) is 2.26. The van der Waals surface area contributed by atoms with E-state index in [-0.39, 0.29) is 0 Å². The molecule has 1 aliphatic heterocycles. The van der Waals surface area contributed by atoms with E-state index in [1.54, 1.807) is 14.2 Å². The number of aromatic nitrogens is 2. The number of fused-ring (bicyclic) bond motifs is 1. The lowest BCUT2D eigenvalue weighted by Crippen LogP contribution is -2.37. The van der Waals surface area contributed by atoms with Crippen LogP contribution in [-0.2, 0) is 11.2 Å². The molecule has 0 spiro atoms. The minimum Gasteiger partial charge on any atom is -0.493 e. The highest BCUT2D eigenvalue weighted by atomic mass is 35.5. The second-order valence-electron chi connectivity index (χ2n) is 8.46. The molecule has 4 aromatic rings. The maximum Gasteiger partial charge on any atom is 0.318 e. The van der Waals surface area contributed by atoms with E-state index in [0.717, 1.165) is 46.5 Å². The van der Waals surface area contributed by atoms with Crippen molar-refractivity contribution in [2.75, 3.05) is 52.0 Å². The molecule has 1 saturated heterocycles. The zero-order valence-electron chi connectivity index (χ0n) is 20.4. The van der Waals surface area contributed by atoms with Gasteiger partial charge in [-0.05, 0) is 53.1 Å². The van der Waals surface area contributed by atoms with Gasteiger partial charge in [-0.25, -0.2) is 0 Å². The first kappa shape index (κ1) is 24.2. The minimum atomic E-state index is 0.365. The van der Waals surface area contributed by atoms with E-state index < -0.39 is 0 Å². The maximum atomic E-state index is 6.08. The van der Waals surface area contributed by atoms with Crippen LogP contribution in [0.25, 0.3) is 22.0 Å². The normalized spacial score (nSPS) is 13.6. The fourth-order valence-corrected chi connectivity index (χ4v) is 4.42. The van der Waals surface area contributed by atoms with Crippen molar-refractivity contribution in [1.29, 1.82) is 0 Å². The standard InChI is InChI=1S/C28H28ClN3O4/c1-33-25-10-3-19(17-26(25)34-2)11-14-36-28-30-24-9-6-21(20-4-7-22(29)8-5-20)18-23(24)27(31-28)32-12-15-35-16-13-32/h3-10,17-18H,11-16H2,1-2H3. The van der Waals surface area contributed by atoms with Crippen molar-refractivity contribution in [3.63, 3.8) is 0 Å². The largest absolute Gasteiger partial charge is 0.493 e. The number of benzene rings is 3. The zero-order chi connectivity index (χ0) is 24.9. The van der Waals surface area contributed by atoms with Crippen LogP contribution in [0.5, 0.6) is 17.5 Å². The average molecular weight is 506 g/mol. The van der Waals surface area contributed by atoms with Gasteiger partial charge >= 0.3 is 6.01 Å². The Hall–Kier alpha value is -3.55. The molecular formula is C28H28ClN3O4. The molecule has 0 saturated carbocycles. The Morgan fingerprint density at radius 3 is 2.36 bits per heavy atom. The Morgan fingerprint density at radius 2 is 1.61 bits per heavy atom. The maximum absolute atomic E-state index is 6.08. The molecule has 0 unspecified atom stereocenters. The topological polar surface area (TPSA) is 65.9 Å². The van der Waals surface area contributed by atoms with Crippen molar-refractivity contribution < 1.29 is 18.9 Å². The number of morpholine rings is 1. The number of halogens is 1. The molecule has 0 N–H and O–H groups in total. The highest BCUT2D eigenvalue weighted by Crippen LogP contribution is 2.32. The fourth-order valence-electron chi connectivity index (χ4n) is 4.29. The van der Waals surface area contributed by atoms with Gasteiger partial charge in [0.1, 0.15) is 5.82 Å². The molecule has 3 aromatic carbocycles. The van der Waals surface area contributed by atoms with Crippen LogP contribution in [-0.4, -0.2) is 57.1 Å². The lowest BCUT2D eigenvalue weighted by molar-refractivity contribution is 0.122. The second-order valence-corrected chi connectivity index (χ2v) is 8.89. The molecular weight excluding hydrogens is 478 g/mol. The molecule has 0 amide bonds. The molecule has 186 valence electrons. The second kappa shape index (κ2) is 11.0. The van der Waals surface area contributed by atoms with E-state index in [1.807, 2.05) is 48.5 Å². The summed E-state index contributed by atoms with van der Waals surface area (Å²) in [5.41, 5.74) is 4.09. The molecule has 1 aromatic heterocycles. The first-order valence-corrected chi connectivity index (χ1v) is 12.3. The van der Waals surface area contributed by atoms with E-state index in [4.69, 9.17) is 40.5 Å². The number of methoxy groups -OCH3 is 2. The molecule has 1 aliphatic rings. The molecule has 5 rings (SSSR count). The van der Waals surface area contributed by atoms with E-state index >= 15 is 0 Å². The number of nitrogens with zero attached hydrogens (tertiary/aromatic N) is 3. The highest BCUT2D eigenvalue weighted by molar-refractivity contribution is 6.30. The van der Waals surface area contributed by atoms with Crippen molar-refractivity contribution in [3.05, 3.63) is 71.2 Å². The van der Waals surface area contributed by atoms with Gasteiger partial charge in [0.25, 0.3) is 0 Å². The lowest BCUT2D eigenvalue weighted by Gasteiger charge is -2.29. The average Bonchev–Trinajstić information content (AvgIpc) is 2.93. The van der Waals surface area contributed by atoms with Crippen LogP contribution >= 0.6 is 11.6 Å². The van der Waals surface area contributed by atoms with Crippen molar-refractivity contribution in [1.82, 2.24) is 9.97 Å². The molecule has 2 heterocycles. The molecule has 8 heteroatoms. The Balaban J connectivity index is 1.42. The smallest absolute Gasteiger partial charge is 0.318 e. The Kier molecular flexibility index (Phi) is 7.39. The Morgan fingerprint density at radius 1 is 0.861 bits per heavy atom. The molecule has 0 atom stereocenters. The summed E-state index contributed by atoms with van der Waals surface area (Å²) in [5, 5.41) is 1.70. The predicted molar refractivity (Wildman–Crippen MR) is 142 cm³/mol. The Bertz CT molecular complexity index is 1340.